The van der Waals surface area contributed by atoms with Gasteiger partial charge in [0.2, 0.25) is 11.8 Å². The Kier molecular flexibility index (Phi) is 4.63. The van der Waals surface area contributed by atoms with Crippen LogP contribution in [0.5, 0.6) is 0 Å². The van der Waals surface area contributed by atoms with E-state index in [0.717, 1.165) is 11.3 Å². The SMILES string of the molecule is CC(=O)N1c2ccccc2C[C@H]1C(=O)N(C)CCC(C)O. The molecular weight excluding hydrogens is 268 g/mol. The van der Waals surface area contributed by atoms with Gasteiger partial charge >= 0.3 is 0 Å². The molecule has 0 saturated carbocycles. The molecule has 2 amide bonds. The summed E-state index contributed by atoms with van der Waals surface area (Å²) in [4.78, 5) is 27.7. The molecule has 1 aromatic rings. The van der Waals surface area contributed by atoms with E-state index in [4.69, 9.17) is 0 Å². The van der Waals surface area contributed by atoms with Crippen LogP contribution in [0.15, 0.2) is 24.3 Å². The number of aliphatic hydroxyl groups excluding tert-OH is 1. The van der Waals surface area contributed by atoms with E-state index in [-0.39, 0.29) is 11.8 Å². The third-order valence-electron chi connectivity index (χ3n) is 3.86. The predicted molar refractivity (Wildman–Crippen MR) is 81.0 cm³/mol. The second kappa shape index (κ2) is 6.26. The zero-order chi connectivity index (χ0) is 15.6. The number of rotatable bonds is 4. The summed E-state index contributed by atoms with van der Waals surface area (Å²) >= 11 is 0. The number of benzene rings is 1. The van der Waals surface area contributed by atoms with Crippen LogP contribution in [0.1, 0.15) is 25.8 Å². The molecule has 1 N–H and O–H groups in total. The minimum absolute atomic E-state index is 0.0814. The Morgan fingerprint density at radius 1 is 1.43 bits per heavy atom. The monoisotopic (exact) mass is 290 g/mol. The molecule has 0 aliphatic carbocycles. The van der Waals surface area contributed by atoms with Gasteiger partial charge in [0, 0.05) is 32.6 Å². The van der Waals surface area contributed by atoms with Gasteiger partial charge in [-0.25, -0.2) is 0 Å². The van der Waals surface area contributed by atoms with Gasteiger partial charge in [-0.2, -0.15) is 0 Å². The first-order valence-corrected chi connectivity index (χ1v) is 7.22. The van der Waals surface area contributed by atoms with E-state index in [1.54, 1.807) is 23.8 Å². The number of likely N-dealkylation sites (N-methyl/N-ethyl adjacent to an activating group) is 1. The average molecular weight is 290 g/mol. The number of hydrogen-bond acceptors (Lipinski definition) is 3. The quantitative estimate of drug-likeness (QED) is 0.906. The van der Waals surface area contributed by atoms with E-state index in [2.05, 4.69) is 0 Å². The van der Waals surface area contributed by atoms with Crippen LogP contribution in [-0.2, 0) is 16.0 Å². The minimum Gasteiger partial charge on any atom is -0.393 e. The van der Waals surface area contributed by atoms with Gasteiger partial charge in [-0.05, 0) is 25.0 Å². The second-order valence-electron chi connectivity index (χ2n) is 5.64. The predicted octanol–water partition coefficient (Wildman–Crippen LogP) is 1.19. The van der Waals surface area contributed by atoms with Gasteiger partial charge in [0.25, 0.3) is 0 Å². The molecule has 0 radical (unpaired) electrons. The number of aliphatic hydroxyl groups is 1. The Morgan fingerprint density at radius 2 is 2.10 bits per heavy atom. The van der Waals surface area contributed by atoms with Crippen LogP contribution in [0, 0.1) is 0 Å². The van der Waals surface area contributed by atoms with Crippen molar-refractivity contribution in [3.8, 4) is 0 Å². The third kappa shape index (κ3) is 3.24. The highest BCUT2D eigenvalue weighted by Crippen LogP contribution is 2.32. The summed E-state index contributed by atoms with van der Waals surface area (Å²) in [6.07, 6.45) is 0.639. The Hall–Kier alpha value is -1.88. The summed E-state index contributed by atoms with van der Waals surface area (Å²) in [7, 11) is 1.71. The van der Waals surface area contributed by atoms with Crippen molar-refractivity contribution in [3.63, 3.8) is 0 Å². The molecule has 0 fully saturated rings. The van der Waals surface area contributed by atoms with Crippen molar-refractivity contribution >= 4 is 17.5 Å². The summed E-state index contributed by atoms with van der Waals surface area (Å²) in [5, 5.41) is 9.33. The van der Waals surface area contributed by atoms with Crippen LogP contribution in [0.25, 0.3) is 0 Å². The molecule has 21 heavy (non-hydrogen) atoms. The van der Waals surface area contributed by atoms with Crippen LogP contribution in [0.2, 0.25) is 0 Å². The first kappa shape index (κ1) is 15.5. The largest absolute Gasteiger partial charge is 0.393 e. The van der Waals surface area contributed by atoms with Crippen LogP contribution in [-0.4, -0.2) is 47.6 Å². The fourth-order valence-corrected chi connectivity index (χ4v) is 2.72. The number of para-hydroxylation sites is 1. The molecule has 1 aliphatic rings. The smallest absolute Gasteiger partial charge is 0.245 e. The van der Waals surface area contributed by atoms with Gasteiger partial charge in [0.1, 0.15) is 6.04 Å². The molecular formula is C16H22N2O3. The van der Waals surface area contributed by atoms with E-state index >= 15 is 0 Å². The van der Waals surface area contributed by atoms with Crippen molar-refractivity contribution in [2.75, 3.05) is 18.5 Å². The molecule has 5 heteroatoms. The number of carbonyl (C=O) groups is 2. The maximum Gasteiger partial charge on any atom is 0.245 e. The molecule has 1 heterocycles. The fraction of sp³-hybridized carbons (Fsp3) is 0.500. The van der Waals surface area contributed by atoms with Crippen molar-refractivity contribution in [1.29, 1.82) is 0 Å². The molecule has 1 aliphatic heterocycles. The second-order valence-corrected chi connectivity index (χ2v) is 5.64. The third-order valence-corrected chi connectivity index (χ3v) is 3.86. The average Bonchev–Trinajstić information content (AvgIpc) is 2.83. The van der Waals surface area contributed by atoms with Crippen molar-refractivity contribution in [2.45, 2.75) is 38.8 Å². The number of nitrogens with zero attached hydrogens (tertiary/aromatic N) is 2. The van der Waals surface area contributed by atoms with E-state index in [0.29, 0.717) is 19.4 Å². The molecule has 1 unspecified atom stereocenters. The Labute approximate surface area is 125 Å². The van der Waals surface area contributed by atoms with Crippen LogP contribution in [0.3, 0.4) is 0 Å². The lowest BCUT2D eigenvalue weighted by atomic mass is 10.1. The minimum atomic E-state index is -0.473. The summed E-state index contributed by atoms with van der Waals surface area (Å²) in [5.41, 5.74) is 1.85. The molecule has 0 saturated heterocycles. The Bertz CT molecular complexity index is 542. The van der Waals surface area contributed by atoms with Gasteiger partial charge < -0.3 is 10.0 Å². The molecule has 0 spiro atoms. The highest BCUT2D eigenvalue weighted by molar-refractivity contribution is 6.02. The normalized spacial score (nSPS) is 18.3. The van der Waals surface area contributed by atoms with Gasteiger partial charge in [-0.15, -0.1) is 0 Å². The van der Waals surface area contributed by atoms with E-state index < -0.39 is 12.1 Å². The first-order chi connectivity index (χ1) is 9.91. The molecule has 114 valence electrons. The lowest BCUT2D eigenvalue weighted by Crippen LogP contribution is -2.48. The zero-order valence-corrected chi connectivity index (χ0v) is 12.7. The lowest BCUT2D eigenvalue weighted by Gasteiger charge is -2.28. The summed E-state index contributed by atoms with van der Waals surface area (Å²) in [5.74, 6) is -0.204. The fourth-order valence-electron chi connectivity index (χ4n) is 2.72. The topological polar surface area (TPSA) is 60.9 Å². The maximum atomic E-state index is 12.6. The van der Waals surface area contributed by atoms with E-state index in [9.17, 15) is 14.7 Å². The van der Waals surface area contributed by atoms with Crippen LogP contribution in [0.4, 0.5) is 5.69 Å². The van der Waals surface area contributed by atoms with Crippen LogP contribution < -0.4 is 4.90 Å². The Morgan fingerprint density at radius 3 is 2.71 bits per heavy atom. The number of carbonyl (C=O) groups excluding carboxylic acids is 2. The van der Waals surface area contributed by atoms with Crippen molar-refractivity contribution in [1.82, 2.24) is 4.90 Å². The zero-order valence-electron chi connectivity index (χ0n) is 12.7. The van der Waals surface area contributed by atoms with Crippen molar-refractivity contribution < 1.29 is 14.7 Å². The van der Waals surface area contributed by atoms with E-state index in [1.807, 2.05) is 24.3 Å². The maximum absolute atomic E-state index is 12.6. The molecule has 1 aromatic carbocycles. The lowest BCUT2D eigenvalue weighted by molar-refractivity contribution is -0.133. The van der Waals surface area contributed by atoms with Crippen molar-refractivity contribution in [3.05, 3.63) is 29.8 Å². The van der Waals surface area contributed by atoms with E-state index in [1.165, 1.54) is 6.92 Å². The highest BCUT2D eigenvalue weighted by Gasteiger charge is 2.37. The van der Waals surface area contributed by atoms with Crippen LogP contribution >= 0.6 is 0 Å². The molecule has 2 atom stereocenters. The summed E-state index contributed by atoms with van der Waals surface area (Å²) in [6, 6.07) is 7.15. The molecule has 0 bridgehead atoms. The van der Waals surface area contributed by atoms with Gasteiger partial charge in [-0.3, -0.25) is 14.5 Å². The molecule has 2 rings (SSSR count). The standard InChI is InChI=1S/C16H22N2O3/c1-11(19)8-9-17(3)16(21)15-10-13-6-4-5-7-14(13)18(15)12(2)20/h4-7,11,15,19H,8-10H2,1-3H3/t11?,15-/m0/s1. The highest BCUT2D eigenvalue weighted by atomic mass is 16.3. The van der Waals surface area contributed by atoms with Crippen molar-refractivity contribution in [2.24, 2.45) is 0 Å². The van der Waals surface area contributed by atoms with Gasteiger partial charge in [0.05, 0.1) is 6.10 Å². The number of amides is 2. The summed E-state index contributed by atoms with van der Waals surface area (Å²) < 4.78 is 0. The molecule has 5 nitrogen and oxygen atoms in total. The number of hydrogen-bond donors (Lipinski definition) is 1. The Balaban J connectivity index is 2.16. The molecule has 0 aromatic heterocycles. The first-order valence-electron chi connectivity index (χ1n) is 7.22. The number of fused-ring (bicyclic) bond motifs is 1. The number of anilines is 1. The van der Waals surface area contributed by atoms with Gasteiger partial charge in [-0.1, -0.05) is 18.2 Å². The summed E-state index contributed by atoms with van der Waals surface area (Å²) in [6.45, 7) is 3.67. The van der Waals surface area contributed by atoms with Gasteiger partial charge in [0.15, 0.2) is 0 Å².